The number of carbonyl (C=O) groups is 1. The van der Waals surface area contributed by atoms with Gasteiger partial charge in [-0.15, -0.1) is 0 Å². The Labute approximate surface area is 104 Å². The second-order valence-corrected chi connectivity index (χ2v) is 4.05. The quantitative estimate of drug-likeness (QED) is 0.597. The van der Waals surface area contributed by atoms with Crippen LogP contribution in [-0.2, 0) is 10.9 Å². The van der Waals surface area contributed by atoms with Gasteiger partial charge in [-0.25, -0.2) is 0 Å². The van der Waals surface area contributed by atoms with Crippen LogP contribution in [0, 0.1) is 6.92 Å². The summed E-state index contributed by atoms with van der Waals surface area (Å²) in [5, 5.41) is 0. The number of Topliss-reactive ketones (excluding diaryl/α,β-unsaturated/α-hetero) is 1. The Balaban J connectivity index is 2.82. The average Bonchev–Trinajstić information content (AvgIpc) is 2.27. The van der Waals surface area contributed by atoms with Gasteiger partial charge in [-0.2, -0.15) is 13.2 Å². The molecule has 5 heteroatoms. The number of carbonyl (C=O) groups excluding carboxylic acids is 1. The van der Waals surface area contributed by atoms with Crippen LogP contribution < -0.4 is 0 Å². The standard InChI is InChI=1S/C13H15F3O2/c1-9-8-10(13(14,15)16)5-6-11(9)12(17)4-3-7-18-2/h5-6,8H,3-4,7H2,1-2H3. The zero-order valence-corrected chi connectivity index (χ0v) is 10.3. The maximum atomic E-state index is 12.4. The van der Waals surface area contributed by atoms with Crippen molar-refractivity contribution >= 4 is 5.78 Å². The van der Waals surface area contributed by atoms with Gasteiger partial charge in [0, 0.05) is 25.7 Å². The molecule has 0 radical (unpaired) electrons. The van der Waals surface area contributed by atoms with Crippen LogP contribution in [0.3, 0.4) is 0 Å². The Hall–Kier alpha value is -1.36. The van der Waals surface area contributed by atoms with Crippen LogP contribution in [0.5, 0.6) is 0 Å². The van der Waals surface area contributed by atoms with Crippen molar-refractivity contribution in [1.29, 1.82) is 0 Å². The highest BCUT2D eigenvalue weighted by Gasteiger charge is 2.30. The van der Waals surface area contributed by atoms with E-state index in [4.69, 9.17) is 4.74 Å². The minimum Gasteiger partial charge on any atom is -0.385 e. The molecular weight excluding hydrogens is 245 g/mol. The lowest BCUT2D eigenvalue weighted by molar-refractivity contribution is -0.137. The molecule has 0 aliphatic heterocycles. The third kappa shape index (κ3) is 3.84. The number of methoxy groups -OCH3 is 1. The van der Waals surface area contributed by atoms with Crippen LogP contribution in [0.25, 0.3) is 0 Å². The Bertz CT molecular complexity index is 425. The van der Waals surface area contributed by atoms with Gasteiger partial charge >= 0.3 is 6.18 Å². The molecule has 0 saturated carbocycles. The zero-order chi connectivity index (χ0) is 13.8. The molecule has 2 nitrogen and oxygen atoms in total. The van der Waals surface area contributed by atoms with Crippen LogP contribution in [0.15, 0.2) is 18.2 Å². The average molecular weight is 260 g/mol. The second-order valence-electron chi connectivity index (χ2n) is 4.05. The first kappa shape index (κ1) is 14.7. The van der Waals surface area contributed by atoms with E-state index in [9.17, 15) is 18.0 Å². The van der Waals surface area contributed by atoms with Crippen molar-refractivity contribution in [3.8, 4) is 0 Å². The SMILES string of the molecule is COCCCC(=O)c1ccc(C(F)(F)F)cc1C. The number of benzene rings is 1. The lowest BCUT2D eigenvalue weighted by Gasteiger charge is -2.10. The largest absolute Gasteiger partial charge is 0.416 e. The monoisotopic (exact) mass is 260 g/mol. The Kier molecular flexibility index (Phi) is 4.90. The Morgan fingerprint density at radius 3 is 2.50 bits per heavy atom. The van der Waals surface area contributed by atoms with Gasteiger partial charge in [0.2, 0.25) is 0 Å². The summed E-state index contributed by atoms with van der Waals surface area (Å²) < 4.78 is 42.2. The third-order valence-corrected chi connectivity index (χ3v) is 2.61. The van der Waals surface area contributed by atoms with Crippen LogP contribution in [0.2, 0.25) is 0 Å². The topological polar surface area (TPSA) is 26.3 Å². The van der Waals surface area contributed by atoms with Crippen molar-refractivity contribution in [3.63, 3.8) is 0 Å². The van der Waals surface area contributed by atoms with Gasteiger partial charge in [0.25, 0.3) is 0 Å². The summed E-state index contributed by atoms with van der Waals surface area (Å²) in [6.07, 6.45) is -3.53. The molecule has 0 unspecified atom stereocenters. The summed E-state index contributed by atoms with van der Waals surface area (Å²) in [6.45, 7) is 1.98. The smallest absolute Gasteiger partial charge is 0.385 e. The normalized spacial score (nSPS) is 11.6. The summed E-state index contributed by atoms with van der Waals surface area (Å²) in [4.78, 5) is 11.8. The summed E-state index contributed by atoms with van der Waals surface area (Å²) in [6, 6.07) is 3.19. The molecule has 1 rings (SSSR count). The lowest BCUT2D eigenvalue weighted by Crippen LogP contribution is -2.08. The Morgan fingerprint density at radius 1 is 1.33 bits per heavy atom. The summed E-state index contributed by atoms with van der Waals surface area (Å²) in [5.74, 6) is -0.154. The number of aryl methyl sites for hydroxylation is 1. The number of alkyl halides is 3. The molecule has 18 heavy (non-hydrogen) atoms. The highest BCUT2D eigenvalue weighted by atomic mass is 19.4. The van der Waals surface area contributed by atoms with Crippen molar-refractivity contribution in [2.24, 2.45) is 0 Å². The molecule has 0 spiro atoms. The number of hydrogen-bond donors (Lipinski definition) is 0. The predicted molar refractivity (Wildman–Crippen MR) is 61.6 cm³/mol. The number of halogens is 3. The number of ketones is 1. The minimum absolute atomic E-state index is 0.154. The highest BCUT2D eigenvalue weighted by molar-refractivity contribution is 5.97. The predicted octanol–water partition coefficient (Wildman–Crippen LogP) is 3.62. The van der Waals surface area contributed by atoms with Gasteiger partial charge in [-0.1, -0.05) is 6.07 Å². The van der Waals surface area contributed by atoms with E-state index < -0.39 is 11.7 Å². The van der Waals surface area contributed by atoms with Crippen molar-refractivity contribution in [2.75, 3.05) is 13.7 Å². The van der Waals surface area contributed by atoms with E-state index in [1.165, 1.54) is 20.1 Å². The van der Waals surface area contributed by atoms with Crippen LogP contribution >= 0.6 is 0 Å². The van der Waals surface area contributed by atoms with Crippen molar-refractivity contribution in [1.82, 2.24) is 0 Å². The number of hydrogen-bond acceptors (Lipinski definition) is 2. The highest BCUT2D eigenvalue weighted by Crippen LogP contribution is 2.30. The summed E-state index contributed by atoms with van der Waals surface area (Å²) >= 11 is 0. The van der Waals surface area contributed by atoms with Crippen LogP contribution in [0.4, 0.5) is 13.2 Å². The van der Waals surface area contributed by atoms with E-state index in [1.54, 1.807) is 0 Å². The van der Waals surface area contributed by atoms with E-state index in [0.29, 0.717) is 24.2 Å². The molecule has 1 aromatic carbocycles. The van der Waals surface area contributed by atoms with E-state index in [0.717, 1.165) is 12.1 Å². The molecule has 0 aliphatic carbocycles. The maximum absolute atomic E-state index is 12.4. The minimum atomic E-state index is -4.37. The molecule has 100 valence electrons. The molecule has 0 bridgehead atoms. The van der Waals surface area contributed by atoms with Gasteiger partial charge in [-0.3, -0.25) is 4.79 Å². The van der Waals surface area contributed by atoms with Gasteiger partial charge < -0.3 is 4.74 Å². The lowest BCUT2D eigenvalue weighted by atomic mass is 9.99. The first-order valence-corrected chi connectivity index (χ1v) is 5.56. The van der Waals surface area contributed by atoms with E-state index in [1.807, 2.05) is 0 Å². The molecule has 0 heterocycles. The molecule has 0 aliphatic rings. The molecule has 0 aromatic heterocycles. The van der Waals surface area contributed by atoms with Crippen molar-refractivity contribution in [2.45, 2.75) is 25.9 Å². The van der Waals surface area contributed by atoms with Crippen molar-refractivity contribution < 1.29 is 22.7 Å². The fourth-order valence-corrected chi connectivity index (χ4v) is 1.66. The maximum Gasteiger partial charge on any atom is 0.416 e. The first-order chi connectivity index (χ1) is 8.36. The second kappa shape index (κ2) is 6.00. The number of ether oxygens (including phenoxy) is 1. The Morgan fingerprint density at radius 2 is 2.00 bits per heavy atom. The number of rotatable bonds is 5. The molecule has 0 fully saturated rings. The van der Waals surface area contributed by atoms with Gasteiger partial charge in [0.1, 0.15) is 0 Å². The fraction of sp³-hybridized carbons (Fsp3) is 0.462. The molecular formula is C13H15F3O2. The van der Waals surface area contributed by atoms with E-state index >= 15 is 0 Å². The first-order valence-electron chi connectivity index (χ1n) is 5.56. The molecule has 0 saturated heterocycles. The van der Waals surface area contributed by atoms with E-state index in [2.05, 4.69) is 0 Å². The fourth-order valence-electron chi connectivity index (χ4n) is 1.66. The molecule has 1 aromatic rings. The summed E-state index contributed by atoms with van der Waals surface area (Å²) in [7, 11) is 1.54. The van der Waals surface area contributed by atoms with Crippen molar-refractivity contribution in [3.05, 3.63) is 34.9 Å². The molecule has 0 N–H and O–H groups in total. The summed E-state index contributed by atoms with van der Waals surface area (Å²) in [5.41, 5.74) is -0.0280. The third-order valence-electron chi connectivity index (χ3n) is 2.61. The van der Waals surface area contributed by atoms with Crippen LogP contribution in [0.1, 0.15) is 34.3 Å². The zero-order valence-electron chi connectivity index (χ0n) is 10.3. The van der Waals surface area contributed by atoms with E-state index in [-0.39, 0.29) is 12.2 Å². The molecule has 0 atom stereocenters. The van der Waals surface area contributed by atoms with Gasteiger partial charge in [-0.05, 0) is 31.0 Å². The van der Waals surface area contributed by atoms with Gasteiger partial charge in [0.05, 0.1) is 5.56 Å². The van der Waals surface area contributed by atoms with Gasteiger partial charge in [0.15, 0.2) is 5.78 Å². The molecule has 0 amide bonds. The van der Waals surface area contributed by atoms with Crippen LogP contribution in [-0.4, -0.2) is 19.5 Å².